The molecule has 2 heterocycles. The van der Waals surface area contributed by atoms with Crippen LogP contribution < -0.4 is 16.2 Å². The molecule has 0 saturated heterocycles. The zero-order chi connectivity index (χ0) is 17.3. The molecule has 0 radical (unpaired) electrons. The number of rotatable bonds is 3. The number of H-pyrrole nitrogens is 1. The molecule has 0 bridgehead atoms. The number of benzene rings is 1. The van der Waals surface area contributed by atoms with E-state index < -0.39 is 29.1 Å². The fraction of sp³-hybridized carbons (Fsp3) is 0.200. The lowest BCUT2D eigenvalue weighted by atomic mass is 9.92. The Balaban J connectivity index is 1.94. The minimum atomic E-state index is -0.967. The van der Waals surface area contributed by atoms with E-state index in [1.54, 1.807) is 6.26 Å². The van der Waals surface area contributed by atoms with Crippen LogP contribution >= 0.6 is 11.8 Å². The van der Waals surface area contributed by atoms with E-state index in [0.717, 1.165) is 0 Å². The van der Waals surface area contributed by atoms with Gasteiger partial charge in [0.2, 0.25) is 11.8 Å². The number of carbonyl (C=O) groups excluding carboxylic acids is 2. The van der Waals surface area contributed by atoms with Crippen molar-refractivity contribution in [1.82, 2.24) is 9.97 Å². The molecule has 3 N–H and O–H groups in total. The normalized spacial score (nSPS) is 16.2. The predicted molar refractivity (Wildman–Crippen MR) is 87.7 cm³/mol. The van der Waals surface area contributed by atoms with E-state index >= 15 is 0 Å². The quantitative estimate of drug-likeness (QED) is 0.578. The molecule has 1 atom stereocenters. The monoisotopic (exact) mass is 348 g/mol. The molecule has 1 unspecified atom stereocenters. The summed E-state index contributed by atoms with van der Waals surface area (Å²) in [6, 6.07) is 5.21. The van der Waals surface area contributed by atoms with Crippen LogP contribution in [0.2, 0.25) is 0 Å². The van der Waals surface area contributed by atoms with E-state index in [-0.39, 0.29) is 17.8 Å². The molecule has 24 heavy (non-hydrogen) atoms. The van der Waals surface area contributed by atoms with Crippen molar-refractivity contribution >= 4 is 35.1 Å². The number of aromatic nitrogens is 2. The number of nitrogens with zero attached hydrogens (tertiary/aromatic N) is 1. The van der Waals surface area contributed by atoms with Crippen molar-refractivity contribution in [3.8, 4) is 0 Å². The first-order valence-corrected chi connectivity index (χ1v) is 8.25. The van der Waals surface area contributed by atoms with Crippen LogP contribution in [0, 0.1) is 5.82 Å². The fourth-order valence-corrected chi connectivity index (χ4v) is 2.81. The number of amides is 2. The van der Waals surface area contributed by atoms with Crippen LogP contribution in [0.15, 0.2) is 34.2 Å². The molecule has 2 aromatic rings. The Bertz CT molecular complexity index is 866. The first-order valence-electron chi connectivity index (χ1n) is 7.02. The number of thioether (sulfide) groups is 1. The van der Waals surface area contributed by atoms with E-state index in [4.69, 9.17) is 0 Å². The zero-order valence-corrected chi connectivity index (χ0v) is 13.4. The van der Waals surface area contributed by atoms with Gasteiger partial charge in [0.1, 0.15) is 11.6 Å². The highest BCUT2D eigenvalue weighted by Gasteiger charge is 2.34. The molecule has 3 rings (SSSR count). The third kappa shape index (κ3) is 3.16. The van der Waals surface area contributed by atoms with Gasteiger partial charge in [0.05, 0.1) is 11.5 Å². The van der Waals surface area contributed by atoms with Crippen LogP contribution in [0.3, 0.4) is 0 Å². The molecule has 0 saturated carbocycles. The van der Waals surface area contributed by atoms with Gasteiger partial charge in [0.25, 0.3) is 5.56 Å². The van der Waals surface area contributed by atoms with E-state index in [2.05, 4.69) is 20.6 Å². The van der Waals surface area contributed by atoms with Gasteiger partial charge in [-0.05, 0) is 30.5 Å². The maximum absolute atomic E-state index is 12.9. The lowest BCUT2D eigenvalue weighted by Crippen LogP contribution is -2.36. The van der Waals surface area contributed by atoms with Crippen LogP contribution in [0.5, 0.6) is 0 Å². The Kier molecular flexibility index (Phi) is 4.34. The molecule has 1 aromatic carbocycles. The van der Waals surface area contributed by atoms with Crippen molar-refractivity contribution in [2.75, 3.05) is 16.9 Å². The third-order valence-electron chi connectivity index (χ3n) is 3.55. The third-order valence-corrected chi connectivity index (χ3v) is 4.13. The summed E-state index contributed by atoms with van der Waals surface area (Å²) in [5, 5.41) is 5.45. The molecule has 1 aliphatic rings. The van der Waals surface area contributed by atoms with Crippen LogP contribution in [-0.2, 0) is 9.59 Å². The lowest BCUT2D eigenvalue weighted by Gasteiger charge is -2.23. The first-order chi connectivity index (χ1) is 11.5. The largest absolute Gasteiger partial charge is 0.326 e. The molecule has 1 aromatic heterocycles. The average Bonchev–Trinajstić information content (AvgIpc) is 2.55. The molecule has 1 aliphatic heterocycles. The van der Waals surface area contributed by atoms with Crippen molar-refractivity contribution in [2.24, 2.45) is 0 Å². The number of anilines is 2. The summed E-state index contributed by atoms with van der Waals surface area (Å²) in [5.41, 5.74) is 0.0228. The number of halogens is 1. The Hall–Kier alpha value is -2.68. The summed E-state index contributed by atoms with van der Waals surface area (Å²) in [4.78, 5) is 43.3. The topological polar surface area (TPSA) is 104 Å². The van der Waals surface area contributed by atoms with Gasteiger partial charge in [0.15, 0.2) is 5.16 Å². The van der Waals surface area contributed by atoms with Gasteiger partial charge in [-0.15, -0.1) is 0 Å². The summed E-state index contributed by atoms with van der Waals surface area (Å²) >= 11 is 1.22. The molecular formula is C15H13FN4O3S. The average molecular weight is 348 g/mol. The summed E-state index contributed by atoms with van der Waals surface area (Å²) in [7, 11) is 0. The van der Waals surface area contributed by atoms with Crippen LogP contribution in [0.1, 0.15) is 17.9 Å². The molecule has 0 fully saturated rings. The van der Waals surface area contributed by atoms with Gasteiger partial charge in [-0.1, -0.05) is 11.8 Å². The molecule has 7 nitrogen and oxygen atoms in total. The molecule has 0 aliphatic carbocycles. The molecule has 124 valence electrons. The number of fused-ring (bicyclic) bond motifs is 1. The maximum Gasteiger partial charge on any atom is 0.257 e. The smallest absolute Gasteiger partial charge is 0.257 e. The number of carbonyl (C=O) groups is 2. The van der Waals surface area contributed by atoms with Gasteiger partial charge in [0, 0.05) is 12.1 Å². The fourth-order valence-electron chi connectivity index (χ4n) is 2.43. The molecule has 9 heteroatoms. The summed E-state index contributed by atoms with van der Waals surface area (Å²) < 4.78 is 12.9. The maximum atomic E-state index is 12.9. The number of hydrogen-bond donors (Lipinski definition) is 3. The van der Waals surface area contributed by atoms with Gasteiger partial charge in [-0.3, -0.25) is 14.4 Å². The van der Waals surface area contributed by atoms with E-state index in [0.29, 0.717) is 10.8 Å². The van der Waals surface area contributed by atoms with E-state index in [9.17, 15) is 18.8 Å². The first kappa shape index (κ1) is 16.2. The SMILES string of the molecule is CSc1nc2c(c(=O)[nH]1)C(C(=O)Nc1ccc(F)cc1)CC(=O)N2. The molecular weight excluding hydrogens is 335 g/mol. The van der Waals surface area contributed by atoms with Crippen LogP contribution in [0.4, 0.5) is 15.9 Å². The van der Waals surface area contributed by atoms with E-state index in [1.807, 2.05) is 0 Å². The highest BCUT2D eigenvalue weighted by atomic mass is 32.2. The van der Waals surface area contributed by atoms with Crippen molar-refractivity contribution in [3.63, 3.8) is 0 Å². The lowest BCUT2D eigenvalue weighted by molar-refractivity contribution is -0.123. The summed E-state index contributed by atoms with van der Waals surface area (Å²) in [5.74, 6) is -2.22. The number of aromatic amines is 1. The summed E-state index contributed by atoms with van der Waals surface area (Å²) in [6.07, 6.45) is 1.57. The second kappa shape index (κ2) is 6.44. The van der Waals surface area contributed by atoms with E-state index in [1.165, 1.54) is 36.0 Å². The minimum absolute atomic E-state index is 0.0959. The second-order valence-electron chi connectivity index (χ2n) is 5.14. The highest BCUT2D eigenvalue weighted by molar-refractivity contribution is 7.98. The highest BCUT2D eigenvalue weighted by Crippen LogP contribution is 2.30. The van der Waals surface area contributed by atoms with Crippen molar-refractivity contribution < 1.29 is 14.0 Å². The van der Waals surface area contributed by atoms with Crippen molar-refractivity contribution in [1.29, 1.82) is 0 Å². The van der Waals surface area contributed by atoms with Gasteiger partial charge >= 0.3 is 0 Å². The minimum Gasteiger partial charge on any atom is -0.326 e. The van der Waals surface area contributed by atoms with Crippen LogP contribution in [0.25, 0.3) is 0 Å². The second-order valence-corrected chi connectivity index (χ2v) is 5.93. The van der Waals surface area contributed by atoms with Crippen molar-refractivity contribution in [3.05, 3.63) is 46.0 Å². The predicted octanol–water partition coefficient (Wildman–Crippen LogP) is 1.70. The van der Waals surface area contributed by atoms with Gasteiger partial charge in [-0.2, -0.15) is 0 Å². The Morgan fingerprint density at radius 3 is 2.71 bits per heavy atom. The molecule has 2 amide bonds. The van der Waals surface area contributed by atoms with Crippen LogP contribution in [-0.4, -0.2) is 28.0 Å². The number of hydrogen-bond acceptors (Lipinski definition) is 5. The standard InChI is InChI=1S/C15H13FN4O3S/c1-24-15-19-12-11(14(23)20-15)9(6-10(21)18-12)13(22)17-8-4-2-7(16)3-5-8/h2-5,9H,6H2,1H3,(H,17,22)(H2,18,19,20,21,23). The Morgan fingerprint density at radius 1 is 1.33 bits per heavy atom. The van der Waals surface area contributed by atoms with Gasteiger partial charge < -0.3 is 15.6 Å². The van der Waals surface area contributed by atoms with Crippen molar-refractivity contribution in [2.45, 2.75) is 17.5 Å². The number of nitrogens with one attached hydrogen (secondary N) is 3. The Morgan fingerprint density at radius 2 is 2.04 bits per heavy atom. The zero-order valence-electron chi connectivity index (χ0n) is 12.6. The summed E-state index contributed by atoms with van der Waals surface area (Å²) in [6.45, 7) is 0. The Labute approximate surface area is 140 Å². The molecule has 0 spiro atoms. The van der Waals surface area contributed by atoms with Gasteiger partial charge in [-0.25, -0.2) is 9.37 Å².